The number of benzene rings is 2. The van der Waals surface area contributed by atoms with E-state index < -0.39 is 0 Å². The molecule has 2 aromatic rings. The topological polar surface area (TPSA) is 78.5 Å². The van der Waals surface area contributed by atoms with Crippen LogP contribution in [0.25, 0.3) is 10.8 Å². The van der Waals surface area contributed by atoms with Gasteiger partial charge in [-0.15, -0.1) is 0 Å². The normalized spacial score (nSPS) is 10.7. The van der Waals surface area contributed by atoms with Crippen LogP contribution in [0.3, 0.4) is 0 Å². The summed E-state index contributed by atoms with van der Waals surface area (Å²) >= 11 is 0. The first-order valence-electron chi connectivity index (χ1n) is 9.24. The predicted octanol–water partition coefficient (Wildman–Crippen LogP) is 2.33. The third kappa shape index (κ3) is 6.09. The van der Waals surface area contributed by atoms with E-state index in [1.165, 1.54) is 4.90 Å². The summed E-state index contributed by atoms with van der Waals surface area (Å²) in [7, 11) is 0. The number of nitrogens with zero attached hydrogens (tertiary/aromatic N) is 1. The van der Waals surface area contributed by atoms with Crippen molar-refractivity contribution >= 4 is 28.5 Å². The maximum Gasteiger partial charge on any atom is 0.251 e. The van der Waals surface area contributed by atoms with E-state index in [0.717, 1.165) is 10.8 Å². The molecular formula is C21H27N3O3. The molecule has 0 aliphatic carbocycles. The zero-order valence-corrected chi connectivity index (χ0v) is 16.1. The van der Waals surface area contributed by atoms with Gasteiger partial charge in [-0.3, -0.25) is 14.4 Å². The van der Waals surface area contributed by atoms with Crippen molar-refractivity contribution in [1.82, 2.24) is 15.5 Å². The molecule has 0 bridgehead atoms. The molecule has 0 heterocycles. The van der Waals surface area contributed by atoms with Crippen LogP contribution >= 0.6 is 0 Å². The Bertz CT molecular complexity index is 817. The maximum atomic E-state index is 12.3. The van der Waals surface area contributed by atoms with E-state index in [0.29, 0.717) is 12.1 Å². The van der Waals surface area contributed by atoms with E-state index >= 15 is 0 Å². The maximum absolute atomic E-state index is 12.3. The quantitative estimate of drug-likeness (QED) is 0.750. The minimum atomic E-state index is -0.214. The van der Waals surface area contributed by atoms with Crippen LogP contribution in [0.1, 0.15) is 37.6 Å². The van der Waals surface area contributed by atoms with Crippen LogP contribution < -0.4 is 10.6 Å². The lowest BCUT2D eigenvalue weighted by molar-refractivity contribution is -0.135. The standard InChI is InChI=1S/C21H27N3O3/c1-4-24(14-19(25)23-15(2)3)20(26)11-12-22-21(27)18-10-9-16-7-5-6-8-17(16)13-18/h5-10,13,15H,4,11-12,14H2,1-3H3,(H,22,27)(H,23,25). The Hall–Kier alpha value is -2.89. The largest absolute Gasteiger partial charge is 0.352 e. The van der Waals surface area contributed by atoms with Gasteiger partial charge in [-0.05, 0) is 43.7 Å². The number of hydrogen-bond acceptors (Lipinski definition) is 3. The average molecular weight is 369 g/mol. The lowest BCUT2D eigenvalue weighted by atomic mass is 10.1. The lowest BCUT2D eigenvalue weighted by Crippen LogP contribution is -2.43. The summed E-state index contributed by atoms with van der Waals surface area (Å²) in [6.45, 7) is 6.28. The summed E-state index contributed by atoms with van der Waals surface area (Å²) in [4.78, 5) is 37.9. The molecule has 144 valence electrons. The van der Waals surface area contributed by atoms with E-state index in [4.69, 9.17) is 0 Å². The van der Waals surface area contributed by atoms with Gasteiger partial charge in [0.2, 0.25) is 11.8 Å². The predicted molar refractivity (Wildman–Crippen MR) is 106 cm³/mol. The average Bonchev–Trinajstić information content (AvgIpc) is 2.64. The van der Waals surface area contributed by atoms with E-state index in [9.17, 15) is 14.4 Å². The van der Waals surface area contributed by atoms with Crippen molar-refractivity contribution in [3.8, 4) is 0 Å². The highest BCUT2D eigenvalue weighted by atomic mass is 16.2. The summed E-state index contributed by atoms with van der Waals surface area (Å²) in [5.41, 5.74) is 0.560. The van der Waals surface area contributed by atoms with Crippen LogP contribution in [0, 0.1) is 0 Å². The first-order chi connectivity index (χ1) is 12.9. The number of carbonyl (C=O) groups is 3. The Kier molecular flexibility index (Phi) is 7.34. The number of nitrogens with one attached hydrogen (secondary N) is 2. The molecule has 0 fully saturated rings. The molecule has 0 spiro atoms. The molecule has 0 radical (unpaired) electrons. The fourth-order valence-electron chi connectivity index (χ4n) is 2.79. The lowest BCUT2D eigenvalue weighted by Gasteiger charge is -2.21. The summed E-state index contributed by atoms with van der Waals surface area (Å²) in [5.74, 6) is -0.551. The summed E-state index contributed by atoms with van der Waals surface area (Å²) in [6.07, 6.45) is 0.155. The molecule has 2 N–H and O–H groups in total. The van der Waals surface area contributed by atoms with E-state index in [-0.39, 0.29) is 43.3 Å². The fourth-order valence-corrected chi connectivity index (χ4v) is 2.79. The zero-order valence-electron chi connectivity index (χ0n) is 16.1. The van der Waals surface area contributed by atoms with Crippen LogP contribution in [-0.4, -0.2) is 48.3 Å². The zero-order chi connectivity index (χ0) is 19.8. The highest BCUT2D eigenvalue weighted by molar-refractivity contribution is 5.98. The number of rotatable bonds is 8. The Labute approximate surface area is 159 Å². The Morgan fingerprint density at radius 2 is 1.74 bits per heavy atom. The number of likely N-dealkylation sites (N-methyl/N-ethyl adjacent to an activating group) is 1. The SMILES string of the molecule is CCN(CC(=O)NC(C)C)C(=O)CCNC(=O)c1ccc2ccccc2c1. The van der Waals surface area contributed by atoms with Gasteiger partial charge >= 0.3 is 0 Å². The molecule has 0 saturated carbocycles. The molecule has 2 aromatic carbocycles. The van der Waals surface area contributed by atoms with Crippen LogP contribution in [0.4, 0.5) is 0 Å². The van der Waals surface area contributed by atoms with Crippen molar-refractivity contribution in [3.05, 3.63) is 48.0 Å². The summed E-state index contributed by atoms with van der Waals surface area (Å²) < 4.78 is 0. The smallest absolute Gasteiger partial charge is 0.251 e. The molecule has 6 heteroatoms. The van der Waals surface area contributed by atoms with Crippen LogP contribution in [-0.2, 0) is 9.59 Å². The van der Waals surface area contributed by atoms with E-state index in [1.54, 1.807) is 6.07 Å². The molecule has 3 amide bonds. The molecule has 27 heavy (non-hydrogen) atoms. The summed E-state index contributed by atoms with van der Waals surface area (Å²) in [6, 6.07) is 13.4. The van der Waals surface area contributed by atoms with Crippen LogP contribution in [0.2, 0.25) is 0 Å². The van der Waals surface area contributed by atoms with Crippen molar-refractivity contribution in [2.75, 3.05) is 19.6 Å². The van der Waals surface area contributed by atoms with Gasteiger partial charge in [-0.25, -0.2) is 0 Å². The highest BCUT2D eigenvalue weighted by Gasteiger charge is 2.16. The molecule has 6 nitrogen and oxygen atoms in total. The van der Waals surface area contributed by atoms with Crippen LogP contribution in [0.15, 0.2) is 42.5 Å². The van der Waals surface area contributed by atoms with Crippen molar-refractivity contribution in [1.29, 1.82) is 0 Å². The van der Waals surface area contributed by atoms with Gasteiger partial charge in [-0.2, -0.15) is 0 Å². The fraction of sp³-hybridized carbons (Fsp3) is 0.381. The first kappa shape index (κ1) is 20.4. The van der Waals surface area contributed by atoms with Crippen molar-refractivity contribution in [2.24, 2.45) is 0 Å². The molecule has 0 aromatic heterocycles. The minimum Gasteiger partial charge on any atom is -0.352 e. The molecule has 0 unspecified atom stereocenters. The second-order valence-electron chi connectivity index (χ2n) is 6.70. The number of hydrogen-bond donors (Lipinski definition) is 2. The van der Waals surface area contributed by atoms with Gasteiger partial charge in [0, 0.05) is 31.1 Å². The molecule has 2 rings (SSSR count). The second kappa shape index (κ2) is 9.71. The molecule has 0 atom stereocenters. The van der Waals surface area contributed by atoms with Crippen LogP contribution in [0.5, 0.6) is 0 Å². The van der Waals surface area contributed by atoms with Crippen molar-refractivity contribution in [3.63, 3.8) is 0 Å². The molecule has 0 aliphatic rings. The Morgan fingerprint density at radius 1 is 1.04 bits per heavy atom. The van der Waals surface area contributed by atoms with Crippen molar-refractivity contribution in [2.45, 2.75) is 33.2 Å². The number of amides is 3. The molecular weight excluding hydrogens is 342 g/mol. The second-order valence-corrected chi connectivity index (χ2v) is 6.70. The highest BCUT2D eigenvalue weighted by Crippen LogP contribution is 2.15. The number of carbonyl (C=O) groups excluding carboxylic acids is 3. The molecule has 0 saturated heterocycles. The first-order valence-corrected chi connectivity index (χ1v) is 9.24. The third-order valence-electron chi connectivity index (χ3n) is 4.15. The molecule has 0 aliphatic heterocycles. The Morgan fingerprint density at radius 3 is 2.41 bits per heavy atom. The van der Waals surface area contributed by atoms with Crippen molar-refractivity contribution < 1.29 is 14.4 Å². The van der Waals surface area contributed by atoms with Gasteiger partial charge in [0.1, 0.15) is 0 Å². The van der Waals surface area contributed by atoms with Gasteiger partial charge < -0.3 is 15.5 Å². The Balaban J connectivity index is 1.85. The van der Waals surface area contributed by atoms with Gasteiger partial charge in [0.25, 0.3) is 5.91 Å². The summed E-state index contributed by atoms with van der Waals surface area (Å²) in [5, 5.41) is 7.61. The van der Waals surface area contributed by atoms with Gasteiger partial charge in [0.15, 0.2) is 0 Å². The van der Waals surface area contributed by atoms with E-state index in [1.807, 2.05) is 57.2 Å². The monoisotopic (exact) mass is 369 g/mol. The van der Waals surface area contributed by atoms with E-state index in [2.05, 4.69) is 10.6 Å². The minimum absolute atomic E-state index is 0.0339. The number of fused-ring (bicyclic) bond motifs is 1. The third-order valence-corrected chi connectivity index (χ3v) is 4.15. The van der Waals surface area contributed by atoms with Gasteiger partial charge in [-0.1, -0.05) is 30.3 Å². The van der Waals surface area contributed by atoms with Gasteiger partial charge in [0.05, 0.1) is 6.54 Å².